The molecule has 0 bridgehead atoms. The molecule has 0 heterocycles. The van der Waals surface area contributed by atoms with E-state index < -0.39 is 9.73 Å². The average Bonchev–Trinajstić information content (AvgIpc) is 2.47. The lowest BCUT2D eigenvalue weighted by Gasteiger charge is -2.04. The highest BCUT2D eigenvalue weighted by Gasteiger charge is 2.04. The first-order valence-corrected chi connectivity index (χ1v) is 7.76. The standard InChI is InChI=1S/C15H14N2OS/c1-19(18,15-5-3-2-4-6-15)17-12-14-9-7-13(11-16)8-10-14/h2-10H,12H2,1H3. The van der Waals surface area contributed by atoms with Crippen molar-refractivity contribution in [2.45, 2.75) is 11.4 Å². The minimum atomic E-state index is -2.36. The summed E-state index contributed by atoms with van der Waals surface area (Å²) in [5.41, 5.74) is 1.56. The second-order valence-electron chi connectivity index (χ2n) is 4.21. The van der Waals surface area contributed by atoms with Crippen LogP contribution in [0.5, 0.6) is 0 Å². The predicted molar refractivity (Wildman–Crippen MR) is 76.1 cm³/mol. The maximum absolute atomic E-state index is 12.5. The molecule has 3 nitrogen and oxygen atoms in total. The third-order valence-corrected chi connectivity index (χ3v) is 4.53. The molecule has 1 atom stereocenters. The van der Waals surface area contributed by atoms with Gasteiger partial charge >= 0.3 is 0 Å². The van der Waals surface area contributed by atoms with Crippen LogP contribution in [-0.2, 0) is 16.3 Å². The SMILES string of the molecule is CS(=O)(=NCc1ccc(C#N)cc1)c1ccccc1. The van der Waals surface area contributed by atoms with E-state index in [-0.39, 0.29) is 0 Å². The van der Waals surface area contributed by atoms with Gasteiger partial charge in [0.2, 0.25) is 0 Å². The Kier molecular flexibility index (Phi) is 3.98. The van der Waals surface area contributed by atoms with Gasteiger partial charge in [-0.2, -0.15) is 5.26 Å². The van der Waals surface area contributed by atoms with Crippen molar-refractivity contribution in [3.8, 4) is 6.07 Å². The summed E-state index contributed by atoms with van der Waals surface area (Å²) in [6.45, 7) is 0.385. The number of benzene rings is 2. The maximum atomic E-state index is 12.5. The predicted octanol–water partition coefficient (Wildman–Crippen LogP) is 3.22. The molecule has 0 amide bonds. The molecule has 19 heavy (non-hydrogen) atoms. The van der Waals surface area contributed by atoms with Gasteiger partial charge in [0.25, 0.3) is 0 Å². The molecular formula is C15H14N2OS. The highest BCUT2D eigenvalue weighted by atomic mass is 32.2. The molecule has 0 aliphatic rings. The Bertz CT molecular complexity index is 706. The monoisotopic (exact) mass is 270 g/mol. The Balaban J connectivity index is 2.22. The number of nitrogens with zero attached hydrogens (tertiary/aromatic N) is 2. The van der Waals surface area contributed by atoms with Crippen LogP contribution < -0.4 is 0 Å². The van der Waals surface area contributed by atoms with E-state index >= 15 is 0 Å². The molecule has 0 aliphatic carbocycles. The normalized spacial score (nSPS) is 13.3. The van der Waals surface area contributed by atoms with Crippen molar-refractivity contribution in [3.05, 3.63) is 65.7 Å². The quantitative estimate of drug-likeness (QED) is 0.860. The summed E-state index contributed by atoms with van der Waals surface area (Å²) in [6, 6.07) is 18.5. The maximum Gasteiger partial charge on any atom is 0.0991 e. The molecule has 0 N–H and O–H groups in total. The Morgan fingerprint density at radius 3 is 2.32 bits per heavy atom. The lowest BCUT2D eigenvalue weighted by Crippen LogP contribution is -1.98. The lowest BCUT2D eigenvalue weighted by molar-refractivity contribution is 0.678. The highest BCUT2D eigenvalue weighted by molar-refractivity contribution is 7.93. The van der Waals surface area contributed by atoms with Crippen LogP contribution in [0.2, 0.25) is 0 Å². The van der Waals surface area contributed by atoms with Gasteiger partial charge in [-0.15, -0.1) is 0 Å². The summed E-state index contributed by atoms with van der Waals surface area (Å²) < 4.78 is 16.8. The van der Waals surface area contributed by atoms with Gasteiger partial charge < -0.3 is 0 Å². The van der Waals surface area contributed by atoms with Gasteiger partial charge in [0, 0.05) is 11.2 Å². The third kappa shape index (κ3) is 3.43. The van der Waals surface area contributed by atoms with E-state index in [9.17, 15) is 4.21 Å². The number of hydrogen-bond donors (Lipinski definition) is 0. The molecule has 96 valence electrons. The van der Waals surface area contributed by atoms with Crippen molar-refractivity contribution in [2.24, 2.45) is 4.36 Å². The molecule has 0 aliphatic heterocycles. The smallest absolute Gasteiger partial charge is 0.0991 e. The van der Waals surface area contributed by atoms with E-state index in [1.807, 2.05) is 42.5 Å². The van der Waals surface area contributed by atoms with Crippen molar-refractivity contribution < 1.29 is 4.21 Å². The molecule has 4 heteroatoms. The largest absolute Gasteiger partial charge is 0.245 e. The first-order valence-electron chi connectivity index (χ1n) is 5.84. The fourth-order valence-electron chi connectivity index (χ4n) is 1.63. The molecule has 2 aromatic rings. The summed E-state index contributed by atoms with van der Waals surface area (Å²) in [5, 5.41) is 8.72. The average molecular weight is 270 g/mol. The van der Waals surface area contributed by atoms with Crippen molar-refractivity contribution >= 4 is 9.73 Å². The Morgan fingerprint density at radius 1 is 1.11 bits per heavy atom. The van der Waals surface area contributed by atoms with E-state index in [0.717, 1.165) is 10.5 Å². The van der Waals surface area contributed by atoms with Gasteiger partial charge in [-0.05, 0) is 29.8 Å². The van der Waals surface area contributed by atoms with Gasteiger partial charge in [-0.25, -0.2) is 8.57 Å². The van der Waals surface area contributed by atoms with Crippen LogP contribution in [0.1, 0.15) is 11.1 Å². The first-order chi connectivity index (χ1) is 9.12. The van der Waals surface area contributed by atoms with Gasteiger partial charge in [0.15, 0.2) is 0 Å². The van der Waals surface area contributed by atoms with Crippen molar-refractivity contribution in [1.29, 1.82) is 5.26 Å². The fourth-order valence-corrected chi connectivity index (χ4v) is 2.84. The molecule has 2 rings (SSSR count). The lowest BCUT2D eigenvalue weighted by atomic mass is 10.1. The number of hydrogen-bond acceptors (Lipinski definition) is 3. The summed E-state index contributed by atoms with van der Waals surface area (Å²) in [4.78, 5) is 0.739. The van der Waals surface area contributed by atoms with Crippen LogP contribution in [0.3, 0.4) is 0 Å². The molecule has 0 radical (unpaired) electrons. The second-order valence-corrected chi connectivity index (χ2v) is 6.55. The van der Waals surface area contributed by atoms with Crippen LogP contribution in [0.4, 0.5) is 0 Å². The molecule has 1 unspecified atom stereocenters. The van der Waals surface area contributed by atoms with E-state index in [4.69, 9.17) is 5.26 Å². The van der Waals surface area contributed by atoms with Crippen molar-refractivity contribution in [2.75, 3.05) is 6.26 Å². The number of nitriles is 1. The summed E-state index contributed by atoms with van der Waals surface area (Å²) in [5.74, 6) is 0. The number of rotatable bonds is 3. The highest BCUT2D eigenvalue weighted by Crippen LogP contribution is 2.13. The Morgan fingerprint density at radius 2 is 1.74 bits per heavy atom. The van der Waals surface area contributed by atoms with Crippen LogP contribution in [0.25, 0.3) is 0 Å². The van der Waals surface area contributed by atoms with E-state index in [1.165, 1.54) is 0 Å². The Labute approximate surface area is 113 Å². The van der Waals surface area contributed by atoms with Gasteiger partial charge in [-0.1, -0.05) is 30.3 Å². The van der Waals surface area contributed by atoms with Gasteiger partial charge in [0.05, 0.1) is 27.9 Å². The fraction of sp³-hybridized carbons (Fsp3) is 0.133. The topological polar surface area (TPSA) is 53.2 Å². The molecule has 0 aromatic heterocycles. The molecular weight excluding hydrogens is 256 g/mol. The van der Waals surface area contributed by atoms with Crippen LogP contribution >= 0.6 is 0 Å². The van der Waals surface area contributed by atoms with E-state index in [0.29, 0.717) is 12.1 Å². The minimum absolute atomic E-state index is 0.385. The van der Waals surface area contributed by atoms with Crippen LogP contribution in [-0.4, -0.2) is 10.5 Å². The summed E-state index contributed by atoms with van der Waals surface area (Å²) in [7, 11) is -2.36. The second kappa shape index (κ2) is 5.68. The molecule has 0 fully saturated rings. The van der Waals surface area contributed by atoms with Crippen LogP contribution in [0.15, 0.2) is 63.9 Å². The van der Waals surface area contributed by atoms with Gasteiger partial charge in [0.1, 0.15) is 0 Å². The zero-order chi connectivity index (χ0) is 13.7. The van der Waals surface area contributed by atoms with Crippen molar-refractivity contribution in [1.82, 2.24) is 0 Å². The Hall–Kier alpha value is -2.12. The molecule has 0 saturated carbocycles. The summed E-state index contributed by atoms with van der Waals surface area (Å²) in [6.07, 6.45) is 1.64. The van der Waals surface area contributed by atoms with Gasteiger partial charge in [-0.3, -0.25) is 0 Å². The molecule has 2 aromatic carbocycles. The van der Waals surface area contributed by atoms with Crippen LogP contribution in [0, 0.1) is 11.3 Å². The van der Waals surface area contributed by atoms with E-state index in [1.54, 1.807) is 18.4 Å². The van der Waals surface area contributed by atoms with Crippen molar-refractivity contribution in [3.63, 3.8) is 0 Å². The van der Waals surface area contributed by atoms with E-state index in [2.05, 4.69) is 10.4 Å². The zero-order valence-corrected chi connectivity index (χ0v) is 11.4. The molecule has 0 spiro atoms. The minimum Gasteiger partial charge on any atom is -0.245 e. The zero-order valence-electron chi connectivity index (χ0n) is 10.6. The first kappa shape index (κ1) is 13.3. The molecule has 0 saturated heterocycles. The third-order valence-electron chi connectivity index (χ3n) is 2.76. The summed E-state index contributed by atoms with van der Waals surface area (Å²) >= 11 is 0.